The van der Waals surface area contributed by atoms with Crippen molar-refractivity contribution in [1.82, 2.24) is 35.0 Å². The van der Waals surface area contributed by atoms with Crippen LogP contribution in [0, 0.1) is 5.82 Å². The number of hydrogen-bond acceptors (Lipinski definition) is 7. The molecule has 9 nitrogen and oxygen atoms in total. The van der Waals surface area contributed by atoms with Crippen molar-refractivity contribution in [2.24, 2.45) is 0 Å². The van der Waals surface area contributed by atoms with Crippen molar-refractivity contribution >= 4 is 27.5 Å². The van der Waals surface area contributed by atoms with Crippen LogP contribution in [0.25, 0.3) is 55.7 Å². The Morgan fingerprint density at radius 3 is 2.65 bits per heavy atom. The molecule has 1 saturated heterocycles. The summed E-state index contributed by atoms with van der Waals surface area (Å²) in [4.78, 5) is 19.2. The number of halogens is 1. The molecule has 0 bridgehead atoms. The van der Waals surface area contributed by atoms with Gasteiger partial charge in [-0.15, -0.1) is 0 Å². The maximum atomic E-state index is 14.7. The molecule has 4 N–H and O–H groups in total. The number of aromatic nitrogens is 6. The highest BCUT2D eigenvalue weighted by atomic mass is 19.1. The highest BCUT2D eigenvalue weighted by Gasteiger charge is 2.17. The first-order chi connectivity index (χ1) is 19.6. The minimum absolute atomic E-state index is 0.363. The van der Waals surface area contributed by atoms with Crippen molar-refractivity contribution in [2.75, 3.05) is 32.0 Å². The van der Waals surface area contributed by atoms with Crippen LogP contribution in [0.5, 0.6) is 5.75 Å². The molecular weight excluding hydrogens is 507 g/mol. The van der Waals surface area contributed by atoms with E-state index in [4.69, 9.17) is 10.5 Å². The fourth-order valence-electron chi connectivity index (χ4n) is 5.37. The molecule has 10 heteroatoms. The number of nitrogens with two attached hydrogens (primary N) is 1. The summed E-state index contributed by atoms with van der Waals surface area (Å²) in [6, 6.07) is 12.5. The topological polar surface area (TPSA) is 122 Å². The summed E-state index contributed by atoms with van der Waals surface area (Å²) in [6.07, 6.45) is 9.25. The molecule has 0 atom stereocenters. The number of nitrogens with zero attached hydrogens (tertiary/aromatic N) is 5. The molecule has 6 heterocycles. The van der Waals surface area contributed by atoms with Gasteiger partial charge in [-0.3, -0.25) is 25.0 Å². The van der Waals surface area contributed by atoms with Crippen LogP contribution in [-0.2, 0) is 0 Å². The zero-order valence-electron chi connectivity index (χ0n) is 21.7. The van der Waals surface area contributed by atoms with E-state index in [2.05, 4.69) is 35.0 Å². The minimum Gasteiger partial charge on any atom is -0.492 e. The average Bonchev–Trinajstić information content (AvgIpc) is 3.72. The van der Waals surface area contributed by atoms with Crippen LogP contribution in [-0.4, -0.2) is 61.3 Å². The van der Waals surface area contributed by atoms with Gasteiger partial charge in [0, 0.05) is 58.6 Å². The number of hydrogen-bond donors (Lipinski definition) is 3. The van der Waals surface area contributed by atoms with Gasteiger partial charge in [0.25, 0.3) is 0 Å². The number of H-pyrrole nitrogens is 2. The Morgan fingerprint density at radius 1 is 0.900 bits per heavy atom. The van der Waals surface area contributed by atoms with Crippen molar-refractivity contribution in [1.29, 1.82) is 0 Å². The lowest BCUT2D eigenvalue weighted by atomic mass is 10.1. The van der Waals surface area contributed by atoms with Crippen molar-refractivity contribution in [3.8, 4) is 39.7 Å². The van der Waals surface area contributed by atoms with Gasteiger partial charge in [0.15, 0.2) is 0 Å². The van der Waals surface area contributed by atoms with E-state index < -0.39 is 0 Å². The van der Waals surface area contributed by atoms with Crippen molar-refractivity contribution in [3.63, 3.8) is 0 Å². The molecule has 200 valence electrons. The molecule has 5 aromatic heterocycles. The van der Waals surface area contributed by atoms with Crippen molar-refractivity contribution in [3.05, 3.63) is 73.1 Å². The molecular formula is C30H27FN8O. The first-order valence-corrected chi connectivity index (χ1v) is 13.3. The molecule has 1 aliphatic rings. The average molecular weight is 535 g/mol. The highest BCUT2D eigenvalue weighted by molar-refractivity contribution is 6.00. The second-order valence-electron chi connectivity index (χ2n) is 10.1. The van der Waals surface area contributed by atoms with Crippen LogP contribution >= 0.6 is 0 Å². The van der Waals surface area contributed by atoms with E-state index >= 15 is 0 Å². The summed E-state index contributed by atoms with van der Waals surface area (Å²) in [5.74, 6) is 0.135. The summed E-state index contributed by atoms with van der Waals surface area (Å²) in [5.41, 5.74) is 12.6. The second kappa shape index (κ2) is 10.0. The van der Waals surface area contributed by atoms with E-state index in [9.17, 15) is 4.39 Å². The largest absolute Gasteiger partial charge is 0.492 e. The highest BCUT2D eigenvalue weighted by Crippen LogP contribution is 2.35. The van der Waals surface area contributed by atoms with E-state index in [1.54, 1.807) is 24.8 Å². The number of nitrogen functional groups attached to an aromatic ring is 1. The Kier molecular flexibility index (Phi) is 6.09. The van der Waals surface area contributed by atoms with Gasteiger partial charge < -0.3 is 15.5 Å². The number of aromatic amines is 2. The third-order valence-electron chi connectivity index (χ3n) is 7.33. The van der Waals surface area contributed by atoms with Gasteiger partial charge in [-0.2, -0.15) is 5.10 Å². The number of anilines is 1. The summed E-state index contributed by atoms with van der Waals surface area (Å²) in [5, 5.41) is 9.39. The summed E-state index contributed by atoms with van der Waals surface area (Å²) in [7, 11) is 0. The van der Waals surface area contributed by atoms with Gasteiger partial charge in [0.05, 0.1) is 34.5 Å². The molecule has 1 aliphatic heterocycles. The molecule has 1 aromatic carbocycles. The monoisotopic (exact) mass is 534 g/mol. The molecule has 7 rings (SSSR count). The molecule has 0 spiro atoms. The maximum absolute atomic E-state index is 14.7. The number of benzene rings is 1. The van der Waals surface area contributed by atoms with Crippen LogP contribution in [0.3, 0.4) is 0 Å². The van der Waals surface area contributed by atoms with Gasteiger partial charge in [-0.1, -0.05) is 0 Å². The minimum atomic E-state index is -0.363. The normalized spacial score (nSPS) is 13.9. The first-order valence-electron chi connectivity index (χ1n) is 13.3. The van der Waals surface area contributed by atoms with E-state index in [0.29, 0.717) is 29.3 Å². The van der Waals surface area contributed by atoms with E-state index in [1.165, 1.54) is 25.0 Å². The lowest BCUT2D eigenvalue weighted by Crippen LogP contribution is -2.25. The Balaban J connectivity index is 1.23. The number of nitrogens with one attached hydrogen (secondary N) is 2. The molecule has 6 aromatic rings. The first kappa shape index (κ1) is 24.2. The van der Waals surface area contributed by atoms with E-state index in [-0.39, 0.29) is 5.82 Å². The van der Waals surface area contributed by atoms with Crippen molar-refractivity contribution in [2.45, 2.75) is 12.8 Å². The van der Waals surface area contributed by atoms with Gasteiger partial charge >= 0.3 is 0 Å². The SMILES string of the molecule is Nc1cncc(-c2cc3c(-c4cc5c(-c6cc(F)cc(OCCN7CCCC7)c6)nccc5[nH]4)n[nH]c3cn2)c1. The van der Waals surface area contributed by atoms with Crippen LogP contribution in [0.2, 0.25) is 0 Å². The fraction of sp³-hybridized carbons (Fsp3) is 0.200. The van der Waals surface area contributed by atoms with Gasteiger partial charge in [0.1, 0.15) is 23.9 Å². The Labute approximate surface area is 229 Å². The maximum Gasteiger partial charge on any atom is 0.127 e. The zero-order chi connectivity index (χ0) is 27.1. The van der Waals surface area contributed by atoms with Crippen LogP contribution in [0.15, 0.2) is 67.3 Å². The van der Waals surface area contributed by atoms with Crippen LogP contribution < -0.4 is 10.5 Å². The molecule has 0 saturated carbocycles. The van der Waals surface area contributed by atoms with Crippen molar-refractivity contribution < 1.29 is 9.13 Å². The number of likely N-dealkylation sites (tertiary alicyclic amines) is 1. The number of fused-ring (bicyclic) bond motifs is 2. The van der Waals surface area contributed by atoms with Gasteiger partial charge in [0.2, 0.25) is 0 Å². The fourth-order valence-corrected chi connectivity index (χ4v) is 5.37. The number of pyridine rings is 3. The zero-order valence-corrected chi connectivity index (χ0v) is 21.7. The third-order valence-corrected chi connectivity index (χ3v) is 7.33. The number of ether oxygens (including phenoxy) is 1. The molecule has 1 fully saturated rings. The Morgan fingerprint density at radius 2 is 1.77 bits per heavy atom. The standard InChI is InChI=1S/C30H27FN8O/c31-20-9-18(11-22(12-20)40-8-7-39-5-1-2-6-39)29-23-14-27(36-25(23)3-4-34-29)30-24-13-26(35-17-28(24)37-38-30)19-10-21(32)16-33-15-19/h3-4,9-17,36H,1-2,5-8,32H2,(H,37,38). The molecule has 0 unspecified atom stereocenters. The molecule has 0 aliphatic carbocycles. The Bertz CT molecular complexity index is 1840. The predicted octanol–water partition coefficient (Wildman–Crippen LogP) is 5.43. The van der Waals surface area contributed by atoms with Gasteiger partial charge in [-0.25, -0.2) is 4.39 Å². The summed E-state index contributed by atoms with van der Waals surface area (Å²) in [6.45, 7) is 3.55. The lowest BCUT2D eigenvalue weighted by Gasteiger charge is -2.15. The van der Waals surface area contributed by atoms with Gasteiger partial charge in [-0.05, 0) is 62.3 Å². The van der Waals surface area contributed by atoms with Crippen LogP contribution in [0.4, 0.5) is 10.1 Å². The predicted molar refractivity (Wildman–Crippen MR) is 153 cm³/mol. The Hall–Kier alpha value is -4.83. The smallest absolute Gasteiger partial charge is 0.127 e. The molecule has 40 heavy (non-hydrogen) atoms. The summed E-state index contributed by atoms with van der Waals surface area (Å²) >= 11 is 0. The van der Waals surface area contributed by atoms with E-state index in [1.807, 2.05) is 30.3 Å². The lowest BCUT2D eigenvalue weighted by molar-refractivity contribution is 0.237. The molecule has 0 radical (unpaired) electrons. The quantitative estimate of drug-likeness (QED) is 0.250. The third kappa shape index (κ3) is 4.62. The number of rotatable bonds is 7. The summed E-state index contributed by atoms with van der Waals surface area (Å²) < 4.78 is 20.6. The molecule has 0 amide bonds. The second-order valence-corrected chi connectivity index (χ2v) is 10.1. The van der Waals surface area contributed by atoms with E-state index in [0.717, 1.165) is 64.1 Å². The van der Waals surface area contributed by atoms with Crippen LogP contribution in [0.1, 0.15) is 12.8 Å².